The second kappa shape index (κ2) is 8.85. The van der Waals surface area contributed by atoms with E-state index in [-0.39, 0.29) is 5.91 Å². The van der Waals surface area contributed by atoms with Crippen molar-refractivity contribution in [2.75, 3.05) is 5.75 Å². The van der Waals surface area contributed by atoms with Gasteiger partial charge in [-0.2, -0.15) is 0 Å². The van der Waals surface area contributed by atoms with Gasteiger partial charge in [0.2, 0.25) is 0 Å². The molecule has 1 saturated carbocycles. The standard InChI is InChI=1S/C23H26N2OS/c26-23-20-7-4-8-22(21(20)16-25-23)27-14-13-17-9-11-18(12-10-17)15-24-19-5-2-1-3-6-19/h4,7-12,16,19,24H,1-3,5-6,13-15H2. The lowest BCUT2D eigenvalue weighted by Crippen LogP contribution is -2.30. The van der Waals surface area contributed by atoms with Crippen LogP contribution in [0.5, 0.6) is 0 Å². The number of amides is 1. The molecule has 4 heteroatoms. The van der Waals surface area contributed by atoms with E-state index >= 15 is 0 Å². The number of aryl methyl sites for hydroxylation is 1. The molecule has 0 spiro atoms. The van der Waals surface area contributed by atoms with E-state index in [1.54, 1.807) is 18.0 Å². The average Bonchev–Trinajstić information content (AvgIpc) is 3.10. The molecule has 4 rings (SSSR count). The number of carbonyl (C=O) groups is 1. The van der Waals surface area contributed by atoms with Crippen molar-refractivity contribution in [3.8, 4) is 0 Å². The zero-order valence-electron chi connectivity index (χ0n) is 15.6. The van der Waals surface area contributed by atoms with Crippen LogP contribution in [-0.4, -0.2) is 23.9 Å². The summed E-state index contributed by atoms with van der Waals surface area (Å²) >= 11 is 1.80. The zero-order valence-corrected chi connectivity index (χ0v) is 16.4. The molecule has 0 saturated heterocycles. The second-order valence-corrected chi connectivity index (χ2v) is 8.55. The maximum Gasteiger partial charge on any atom is 0.277 e. The molecule has 0 aromatic heterocycles. The van der Waals surface area contributed by atoms with Gasteiger partial charge in [0.25, 0.3) is 5.91 Å². The van der Waals surface area contributed by atoms with E-state index in [4.69, 9.17) is 0 Å². The van der Waals surface area contributed by atoms with E-state index in [9.17, 15) is 4.79 Å². The summed E-state index contributed by atoms with van der Waals surface area (Å²) in [4.78, 5) is 16.7. The van der Waals surface area contributed by atoms with Crippen LogP contribution in [0.2, 0.25) is 0 Å². The monoisotopic (exact) mass is 378 g/mol. The molecule has 3 nitrogen and oxygen atoms in total. The first kappa shape index (κ1) is 18.5. The van der Waals surface area contributed by atoms with Gasteiger partial charge >= 0.3 is 0 Å². The molecular weight excluding hydrogens is 352 g/mol. The Hall–Kier alpha value is -1.91. The van der Waals surface area contributed by atoms with E-state index in [1.165, 1.54) is 43.2 Å². The molecule has 1 aliphatic carbocycles. The van der Waals surface area contributed by atoms with Crippen molar-refractivity contribution in [3.05, 3.63) is 64.7 Å². The fourth-order valence-corrected chi connectivity index (χ4v) is 4.90. The number of aliphatic imine (C=N–C) groups is 1. The Labute approximate surface area is 165 Å². The van der Waals surface area contributed by atoms with Crippen LogP contribution in [0, 0.1) is 0 Å². The predicted molar refractivity (Wildman–Crippen MR) is 113 cm³/mol. The third-order valence-electron chi connectivity index (χ3n) is 5.48. The van der Waals surface area contributed by atoms with Crippen molar-refractivity contribution in [3.63, 3.8) is 0 Å². The highest BCUT2D eigenvalue weighted by Crippen LogP contribution is 2.28. The molecule has 2 aromatic carbocycles. The van der Waals surface area contributed by atoms with Crippen molar-refractivity contribution >= 4 is 23.9 Å². The lowest BCUT2D eigenvalue weighted by atomic mass is 9.95. The van der Waals surface area contributed by atoms with Gasteiger partial charge in [0.15, 0.2) is 0 Å². The van der Waals surface area contributed by atoms with E-state index in [1.807, 2.05) is 12.1 Å². The summed E-state index contributed by atoms with van der Waals surface area (Å²) in [7, 11) is 0. The number of fused-ring (bicyclic) bond motifs is 1. The minimum atomic E-state index is -0.120. The lowest BCUT2D eigenvalue weighted by molar-refractivity contribution is 0.101. The molecule has 1 aliphatic heterocycles. The normalized spacial score (nSPS) is 16.7. The van der Waals surface area contributed by atoms with Crippen molar-refractivity contribution in [2.24, 2.45) is 4.99 Å². The number of nitrogens with one attached hydrogen (secondary N) is 1. The molecule has 2 aromatic rings. The molecule has 27 heavy (non-hydrogen) atoms. The maximum atomic E-state index is 11.7. The van der Waals surface area contributed by atoms with Gasteiger partial charge in [-0.3, -0.25) is 4.79 Å². The molecule has 0 unspecified atom stereocenters. The zero-order chi connectivity index (χ0) is 18.5. The molecule has 1 amide bonds. The van der Waals surface area contributed by atoms with Crippen LogP contribution < -0.4 is 5.32 Å². The van der Waals surface area contributed by atoms with Crippen LogP contribution in [0.4, 0.5) is 0 Å². The number of hydrogen-bond donors (Lipinski definition) is 1. The topological polar surface area (TPSA) is 41.5 Å². The van der Waals surface area contributed by atoms with E-state index in [2.05, 4.69) is 40.6 Å². The number of rotatable bonds is 7. The number of nitrogens with zero attached hydrogens (tertiary/aromatic N) is 1. The Morgan fingerprint density at radius 1 is 1.00 bits per heavy atom. The van der Waals surface area contributed by atoms with E-state index in [0.29, 0.717) is 6.04 Å². The second-order valence-electron chi connectivity index (χ2n) is 7.41. The number of thioether (sulfide) groups is 1. The minimum Gasteiger partial charge on any atom is -0.310 e. The molecule has 1 N–H and O–H groups in total. The van der Waals surface area contributed by atoms with Gasteiger partial charge in [-0.1, -0.05) is 49.6 Å². The van der Waals surface area contributed by atoms with Gasteiger partial charge in [0.05, 0.1) is 5.56 Å². The first-order valence-corrected chi connectivity index (χ1v) is 10.9. The predicted octanol–water partition coefficient (Wildman–Crippen LogP) is 5.02. The number of hydrogen-bond acceptors (Lipinski definition) is 3. The fraction of sp³-hybridized carbons (Fsp3) is 0.391. The Morgan fingerprint density at radius 3 is 2.59 bits per heavy atom. The quantitative estimate of drug-likeness (QED) is 0.688. The third kappa shape index (κ3) is 4.69. The summed E-state index contributed by atoms with van der Waals surface area (Å²) in [6.07, 6.45) is 9.53. The van der Waals surface area contributed by atoms with E-state index < -0.39 is 0 Å². The SMILES string of the molecule is O=C1N=Cc2c(SCCc3ccc(CNC4CCCCC4)cc3)cccc21. The van der Waals surface area contributed by atoms with Gasteiger partial charge in [-0.05, 0) is 42.5 Å². The molecule has 140 valence electrons. The molecular formula is C23H26N2OS. The third-order valence-corrected chi connectivity index (χ3v) is 6.55. The summed E-state index contributed by atoms with van der Waals surface area (Å²) in [5.41, 5.74) is 4.44. The highest BCUT2D eigenvalue weighted by Gasteiger charge is 2.18. The van der Waals surface area contributed by atoms with Gasteiger partial charge in [-0.15, -0.1) is 11.8 Å². The Bertz CT molecular complexity index is 823. The molecule has 0 bridgehead atoms. The molecule has 2 aliphatic rings. The number of carbonyl (C=O) groups excluding carboxylic acids is 1. The largest absolute Gasteiger partial charge is 0.310 e. The van der Waals surface area contributed by atoms with Crippen molar-refractivity contribution in [1.29, 1.82) is 0 Å². The summed E-state index contributed by atoms with van der Waals surface area (Å²) in [6, 6.07) is 15.6. The molecule has 0 radical (unpaired) electrons. The highest BCUT2D eigenvalue weighted by atomic mass is 32.2. The Balaban J connectivity index is 1.26. The summed E-state index contributed by atoms with van der Waals surface area (Å²) in [5, 5.41) is 3.71. The highest BCUT2D eigenvalue weighted by molar-refractivity contribution is 7.99. The van der Waals surface area contributed by atoms with Crippen LogP contribution in [0.3, 0.4) is 0 Å². The van der Waals surface area contributed by atoms with Crippen molar-refractivity contribution < 1.29 is 4.79 Å². The Morgan fingerprint density at radius 2 is 1.78 bits per heavy atom. The molecule has 0 atom stereocenters. The first-order valence-electron chi connectivity index (χ1n) is 9.95. The minimum absolute atomic E-state index is 0.120. The smallest absolute Gasteiger partial charge is 0.277 e. The summed E-state index contributed by atoms with van der Waals surface area (Å²) < 4.78 is 0. The average molecular weight is 379 g/mol. The van der Waals surface area contributed by atoms with Crippen LogP contribution >= 0.6 is 11.8 Å². The van der Waals surface area contributed by atoms with Gasteiger partial charge in [0, 0.05) is 35.0 Å². The molecule has 1 heterocycles. The van der Waals surface area contributed by atoms with Crippen LogP contribution in [0.25, 0.3) is 0 Å². The van der Waals surface area contributed by atoms with Gasteiger partial charge in [-0.25, -0.2) is 4.99 Å². The van der Waals surface area contributed by atoms with Gasteiger partial charge < -0.3 is 5.32 Å². The van der Waals surface area contributed by atoms with Crippen molar-refractivity contribution in [2.45, 2.75) is 56.0 Å². The fourth-order valence-electron chi connectivity index (χ4n) is 3.85. The summed E-state index contributed by atoms with van der Waals surface area (Å²) in [5.74, 6) is 0.878. The van der Waals surface area contributed by atoms with Crippen molar-refractivity contribution in [1.82, 2.24) is 5.32 Å². The Kier molecular flexibility index (Phi) is 6.05. The summed E-state index contributed by atoms with van der Waals surface area (Å²) in [6.45, 7) is 0.975. The first-order chi connectivity index (χ1) is 13.3. The van der Waals surface area contributed by atoms with Crippen LogP contribution in [0.1, 0.15) is 59.2 Å². The van der Waals surface area contributed by atoms with Crippen LogP contribution in [-0.2, 0) is 13.0 Å². The van der Waals surface area contributed by atoms with Crippen LogP contribution in [0.15, 0.2) is 52.4 Å². The molecule has 1 fully saturated rings. The van der Waals surface area contributed by atoms with Gasteiger partial charge in [0.1, 0.15) is 0 Å². The maximum absolute atomic E-state index is 11.7. The number of benzene rings is 2. The van der Waals surface area contributed by atoms with E-state index in [0.717, 1.165) is 34.7 Å². The lowest BCUT2D eigenvalue weighted by Gasteiger charge is -2.22.